The topological polar surface area (TPSA) is 102 Å². The van der Waals surface area contributed by atoms with E-state index in [9.17, 15) is 13.2 Å². The Bertz CT molecular complexity index is 1170. The Hall–Kier alpha value is -2.72. The highest BCUT2D eigenvalue weighted by Crippen LogP contribution is 2.25. The van der Waals surface area contributed by atoms with Gasteiger partial charge in [-0.1, -0.05) is 6.42 Å². The lowest BCUT2D eigenvalue weighted by Gasteiger charge is -2.25. The van der Waals surface area contributed by atoms with Gasteiger partial charge < -0.3 is 9.88 Å². The largest absolute Gasteiger partial charge is 0.331 e. The molecule has 1 aliphatic rings. The molecule has 30 heavy (non-hydrogen) atoms. The van der Waals surface area contributed by atoms with Crippen molar-refractivity contribution in [3.8, 4) is 0 Å². The number of rotatable bonds is 6. The fraction of sp³-hybridized carbons (Fsp3) is 0.450. The summed E-state index contributed by atoms with van der Waals surface area (Å²) in [5.74, 6) is 0.613. The Morgan fingerprint density at radius 3 is 2.63 bits per heavy atom. The summed E-state index contributed by atoms with van der Waals surface area (Å²) >= 11 is 0. The number of benzene rings is 1. The highest BCUT2D eigenvalue weighted by atomic mass is 32.2. The van der Waals surface area contributed by atoms with E-state index < -0.39 is 10.0 Å². The maximum Gasteiger partial charge on any atom is 0.243 e. The zero-order valence-electron chi connectivity index (χ0n) is 17.2. The van der Waals surface area contributed by atoms with E-state index in [4.69, 9.17) is 0 Å². The molecule has 0 aliphatic carbocycles. The third-order valence-corrected chi connectivity index (χ3v) is 7.36. The van der Waals surface area contributed by atoms with Crippen molar-refractivity contribution < 1.29 is 13.2 Å². The van der Waals surface area contributed by atoms with Gasteiger partial charge in [0, 0.05) is 46.2 Å². The molecule has 1 N–H and O–H groups in total. The van der Waals surface area contributed by atoms with Crippen LogP contribution in [0.2, 0.25) is 0 Å². The molecule has 3 aromatic rings. The van der Waals surface area contributed by atoms with Crippen LogP contribution in [-0.2, 0) is 35.3 Å². The van der Waals surface area contributed by atoms with E-state index in [1.165, 1.54) is 0 Å². The molecule has 1 aromatic carbocycles. The summed E-state index contributed by atoms with van der Waals surface area (Å²) in [5, 5.41) is 6.83. The first-order valence-corrected chi connectivity index (χ1v) is 11.5. The third-order valence-electron chi connectivity index (χ3n) is 5.46. The minimum absolute atomic E-state index is 0.122. The van der Waals surface area contributed by atoms with Crippen LogP contribution in [0.5, 0.6) is 0 Å². The number of aryl methyl sites for hydroxylation is 3. The van der Waals surface area contributed by atoms with Gasteiger partial charge in [-0.05, 0) is 31.0 Å². The van der Waals surface area contributed by atoms with E-state index >= 15 is 0 Å². The van der Waals surface area contributed by atoms with Gasteiger partial charge in [-0.15, -0.1) is 0 Å². The van der Waals surface area contributed by atoms with Gasteiger partial charge in [0.2, 0.25) is 15.9 Å². The van der Waals surface area contributed by atoms with E-state index in [1.54, 1.807) is 46.6 Å². The first-order chi connectivity index (χ1) is 14.3. The number of carbonyl (C=O) groups excluding carboxylic acids is 1. The van der Waals surface area contributed by atoms with Crippen LogP contribution in [0.4, 0.5) is 5.69 Å². The fourth-order valence-corrected chi connectivity index (χ4v) is 5.34. The van der Waals surface area contributed by atoms with Gasteiger partial charge in [0.05, 0.1) is 27.8 Å². The highest BCUT2D eigenvalue weighted by Gasteiger charge is 2.26. The SMILES string of the molecule is Cn1cc(NC(=O)CCc2nc3cc(S(=O)(=O)N4CCCCC4)ccc3n2C)cn1. The van der Waals surface area contributed by atoms with Gasteiger partial charge in [-0.2, -0.15) is 9.40 Å². The van der Waals surface area contributed by atoms with E-state index in [1.807, 2.05) is 11.6 Å². The molecule has 1 amide bonds. The summed E-state index contributed by atoms with van der Waals surface area (Å²) in [5.41, 5.74) is 2.12. The van der Waals surface area contributed by atoms with Crippen LogP contribution in [0.25, 0.3) is 11.0 Å². The fourth-order valence-electron chi connectivity index (χ4n) is 3.80. The number of amides is 1. The number of aromatic nitrogens is 4. The lowest BCUT2D eigenvalue weighted by molar-refractivity contribution is -0.116. The first kappa shape index (κ1) is 20.5. The van der Waals surface area contributed by atoms with Gasteiger partial charge >= 0.3 is 0 Å². The van der Waals surface area contributed by atoms with Crippen molar-refractivity contribution in [2.75, 3.05) is 18.4 Å². The molecule has 4 rings (SSSR count). The Morgan fingerprint density at radius 2 is 1.93 bits per heavy atom. The molecular weight excluding hydrogens is 404 g/mol. The first-order valence-electron chi connectivity index (χ1n) is 10.1. The van der Waals surface area contributed by atoms with Crippen molar-refractivity contribution in [1.82, 2.24) is 23.6 Å². The number of sulfonamides is 1. The van der Waals surface area contributed by atoms with Crippen LogP contribution in [0, 0.1) is 0 Å². The molecule has 1 fully saturated rings. The maximum absolute atomic E-state index is 12.9. The van der Waals surface area contributed by atoms with Gasteiger partial charge in [0.15, 0.2) is 0 Å². The molecule has 0 bridgehead atoms. The quantitative estimate of drug-likeness (QED) is 0.645. The van der Waals surface area contributed by atoms with Crippen molar-refractivity contribution in [2.45, 2.75) is 37.0 Å². The second kappa shape index (κ2) is 8.19. The summed E-state index contributed by atoms with van der Waals surface area (Å²) in [6, 6.07) is 5.07. The van der Waals surface area contributed by atoms with Crippen LogP contribution in [0.1, 0.15) is 31.5 Å². The minimum Gasteiger partial charge on any atom is -0.331 e. The van der Waals surface area contributed by atoms with E-state index in [-0.39, 0.29) is 17.2 Å². The third kappa shape index (κ3) is 4.10. The van der Waals surface area contributed by atoms with Crippen LogP contribution >= 0.6 is 0 Å². The van der Waals surface area contributed by atoms with Gasteiger partial charge in [0.1, 0.15) is 5.82 Å². The molecule has 0 atom stereocenters. The summed E-state index contributed by atoms with van der Waals surface area (Å²) in [7, 11) is 0.161. The lowest BCUT2D eigenvalue weighted by Crippen LogP contribution is -2.35. The molecule has 9 nitrogen and oxygen atoms in total. The zero-order chi connectivity index (χ0) is 21.3. The Kier molecular flexibility index (Phi) is 5.61. The second-order valence-corrected chi connectivity index (χ2v) is 9.59. The molecule has 0 spiro atoms. The summed E-state index contributed by atoms with van der Waals surface area (Å²) in [6.45, 7) is 1.14. The average molecular weight is 431 g/mol. The molecule has 10 heteroatoms. The second-order valence-electron chi connectivity index (χ2n) is 7.65. The monoisotopic (exact) mass is 430 g/mol. The van der Waals surface area contributed by atoms with Crippen molar-refractivity contribution in [3.63, 3.8) is 0 Å². The van der Waals surface area contributed by atoms with Crippen LogP contribution < -0.4 is 5.32 Å². The van der Waals surface area contributed by atoms with Crippen molar-refractivity contribution >= 4 is 32.7 Å². The van der Waals surface area contributed by atoms with E-state index in [2.05, 4.69) is 15.4 Å². The number of carbonyl (C=O) groups is 1. The average Bonchev–Trinajstić information content (AvgIpc) is 3.29. The Morgan fingerprint density at radius 1 is 1.17 bits per heavy atom. The number of imidazole rings is 1. The molecular formula is C20H26N6O3S. The standard InChI is InChI=1S/C20H26N6O3S/c1-24-14-15(13-21-24)22-20(27)9-8-19-23-17-12-16(6-7-18(17)25(19)2)30(28,29)26-10-4-3-5-11-26/h6-7,12-14H,3-5,8-11H2,1-2H3,(H,22,27). The van der Waals surface area contributed by atoms with Gasteiger partial charge in [0.25, 0.3) is 0 Å². The van der Waals surface area contributed by atoms with Gasteiger partial charge in [-0.25, -0.2) is 13.4 Å². The number of hydrogen-bond donors (Lipinski definition) is 1. The van der Waals surface area contributed by atoms with Crippen molar-refractivity contribution in [1.29, 1.82) is 0 Å². The van der Waals surface area contributed by atoms with E-state index in [0.29, 0.717) is 30.7 Å². The predicted molar refractivity (Wildman–Crippen MR) is 113 cm³/mol. The van der Waals surface area contributed by atoms with Gasteiger partial charge in [-0.3, -0.25) is 9.48 Å². The zero-order valence-corrected chi connectivity index (χ0v) is 18.0. The van der Waals surface area contributed by atoms with E-state index in [0.717, 1.165) is 30.6 Å². The molecule has 3 heterocycles. The molecule has 2 aromatic heterocycles. The predicted octanol–water partition coefficient (Wildman–Crippen LogP) is 2.05. The summed E-state index contributed by atoms with van der Waals surface area (Å²) in [4.78, 5) is 17.1. The number of nitrogens with zero attached hydrogens (tertiary/aromatic N) is 5. The smallest absolute Gasteiger partial charge is 0.243 e. The highest BCUT2D eigenvalue weighted by molar-refractivity contribution is 7.89. The normalized spacial score (nSPS) is 15.5. The number of anilines is 1. The minimum atomic E-state index is -3.50. The van der Waals surface area contributed by atoms with Crippen molar-refractivity contribution in [2.24, 2.45) is 14.1 Å². The molecule has 1 aliphatic heterocycles. The van der Waals surface area contributed by atoms with Crippen LogP contribution in [0.3, 0.4) is 0 Å². The molecule has 0 unspecified atom stereocenters. The Balaban J connectivity index is 1.50. The lowest BCUT2D eigenvalue weighted by atomic mass is 10.2. The molecule has 0 radical (unpaired) electrons. The number of piperidine rings is 1. The number of nitrogens with one attached hydrogen (secondary N) is 1. The summed E-state index contributed by atoms with van der Waals surface area (Å²) < 4.78 is 31.0. The molecule has 0 saturated carbocycles. The summed E-state index contributed by atoms with van der Waals surface area (Å²) in [6.07, 6.45) is 6.92. The maximum atomic E-state index is 12.9. The Labute approximate surface area is 175 Å². The van der Waals surface area contributed by atoms with Crippen LogP contribution in [-0.4, -0.2) is 51.1 Å². The van der Waals surface area contributed by atoms with Crippen LogP contribution in [0.15, 0.2) is 35.5 Å². The number of fused-ring (bicyclic) bond motifs is 1. The molecule has 1 saturated heterocycles. The molecule has 160 valence electrons. The number of hydrogen-bond acceptors (Lipinski definition) is 5. The van der Waals surface area contributed by atoms with Crippen molar-refractivity contribution in [3.05, 3.63) is 36.4 Å².